The first-order valence-corrected chi connectivity index (χ1v) is 12.2. The topological polar surface area (TPSA) is 52.9 Å². The van der Waals surface area contributed by atoms with Crippen molar-refractivity contribution in [3.8, 4) is 11.5 Å². The zero-order valence-electron chi connectivity index (χ0n) is 19.6. The van der Waals surface area contributed by atoms with E-state index in [4.69, 9.17) is 4.74 Å². The van der Waals surface area contributed by atoms with Gasteiger partial charge in [0, 0.05) is 6.54 Å². The van der Waals surface area contributed by atoms with E-state index in [2.05, 4.69) is 56.3 Å². The summed E-state index contributed by atoms with van der Waals surface area (Å²) in [7, 11) is 4.11. The van der Waals surface area contributed by atoms with Crippen LogP contribution in [-0.4, -0.2) is 48.5 Å². The molecule has 0 heterocycles. The predicted molar refractivity (Wildman–Crippen MR) is 127 cm³/mol. The molecule has 4 heteroatoms. The minimum absolute atomic E-state index is 0.0308. The minimum atomic E-state index is -0.178. The van der Waals surface area contributed by atoms with Gasteiger partial charge in [-0.25, -0.2) is 0 Å². The maximum Gasteiger partial charge on any atom is 0.119 e. The number of hydrogen-bond donors (Lipinski definition) is 2. The van der Waals surface area contributed by atoms with Crippen LogP contribution in [0.5, 0.6) is 11.5 Å². The maximum atomic E-state index is 10.9. The van der Waals surface area contributed by atoms with E-state index in [0.717, 1.165) is 44.4 Å². The Morgan fingerprint density at radius 3 is 2.56 bits per heavy atom. The van der Waals surface area contributed by atoms with Gasteiger partial charge in [-0.2, -0.15) is 0 Å². The fourth-order valence-electron chi connectivity index (χ4n) is 7.09. The van der Waals surface area contributed by atoms with E-state index in [0.29, 0.717) is 36.0 Å². The Morgan fingerprint density at radius 1 is 1.03 bits per heavy atom. The summed E-state index contributed by atoms with van der Waals surface area (Å²) < 4.78 is 5.93. The van der Waals surface area contributed by atoms with Gasteiger partial charge in [0.15, 0.2) is 0 Å². The Labute approximate surface area is 192 Å². The number of aromatic hydroxyl groups is 1. The largest absolute Gasteiger partial charge is 0.508 e. The number of nitrogens with zero attached hydrogens (tertiary/aromatic N) is 1. The average molecular weight is 436 g/mol. The van der Waals surface area contributed by atoms with E-state index < -0.39 is 0 Å². The third-order valence-electron chi connectivity index (χ3n) is 8.83. The van der Waals surface area contributed by atoms with Crippen molar-refractivity contribution in [1.29, 1.82) is 0 Å². The quantitative estimate of drug-likeness (QED) is 0.698. The zero-order valence-corrected chi connectivity index (χ0v) is 19.6. The van der Waals surface area contributed by atoms with Crippen molar-refractivity contribution in [2.75, 3.05) is 27.2 Å². The van der Waals surface area contributed by atoms with E-state index in [9.17, 15) is 10.2 Å². The van der Waals surface area contributed by atoms with Gasteiger partial charge in [0.05, 0.1) is 6.10 Å². The van der Waals surface area contributed by atoms with Crippen molar-refractivity contribution in [1.82, 2.24) is 4.90 Å². The van der Waals surface area contributed by atoms with Crippen molar-refractivity contribution in [3.63, 3.8) is 0 Å². The molecule has 4 unspecified atom stereocenters. The molecule has 0 bridgehead atoms. The molecule has 4 nitrogen and oxygen atoms in total. The van der Waals surface area contributed by atoms with Crippen LogP contribution in [0.2, 0.25) is 0 Å². The molecule has 2 N–H and O–H groups in total. The Kier molecular flexibility index (Phi) is 5.71. The first-order valence-electron chi connectivity index (χ1n) is 12.2. The Hall–Kier alpha value is -2.04. The number of hydrogen-bond acceptors (Lipinski definition) is 4. The summed E-state index contributed by atoms with van der Waals surface area (Å²) >= 11 is 0. The molecule has 6 atom stereocenters. The molecule has 3 aliphatic rings. The number of ether oxygens (including phenoxy) is 1. The van der Waals surface area contributed by atoms with Gasteiger partial charge in [-0.3, -0.25) is 0 Å². The van der Waals surface area contributed by atoms with Crippen LogP contribution >= 0.6 is 0 Å². The molecule has 2 aromatic rings. The number of phenols is 1. The third-order valence-corrected chi connectivity index (χ3v) is 8.83. The summed E-state index contributed by atoms with van der Waals surface area (Å²) in [5, 5.41) is 21.0. The first-order chi connectivity index (χ1) is 15.4. The summed E-state index contributed by atoms with van der Waals surface area (Å²) in [6.45, 7) is 3.92. The van der Waals surface area contributed by atoms with Crippen LogP contribution in [0.4, 0.5) is 0 Å². The molecule has 3 aliphatic carbocycles. The van der Waals surface area contributed by atoms with Gasteiger partial charge in [-0.05, 0) is 116 Å². The molecular weight excluding hydrogens is 398 g/mol. The molecule has 0 amide bonds. The number of likely N-dealkylation sites (N-methyl/N-ethyl adjacent to an activating group) is 1. The lowest BCUT2D eigenvalue weighted by Gasteiger charge is -2.53. The minimum Gasteiger partial charge on any atom is -0.508 e. The van der Waals surface area contributed by atoms with Gasteiger partial charge in [-0.15, -0.1) is 0 Å². The summed E-state index contributed by atoms with van der Waals surface area (Å²) in [6.07, 6.45) is 5.03. The van der Waals surface area contributed by atoms with Gasteiger partial charge in [0.25, 0.3) is 0 Å². The van der Waals surface area contributed by atoms with E-state index in [1.165, 1.54) is 16.7 Å². The van der Waals surface area contributed by atoms with Crippen LogP contribution in [0.1, 0.15) is 61.1 Å². The number of aliphatic hydroxyl groups is 1. The molecule has 0 radical (unpaired) electrons. The van der Waals surface area contributed by atoms with Crippen LogP contribution in [0, 0.1) is 17.3 Å². The van der Waals surface area contributed by atoms with Crippen molar-refractivity contribution in [2.24, 2.45) is 17.3 Å². The number of rotatable bonds is 5. The molecule has 2 fully saturated rings. The number of aliphatic hydroxyl groups excluding tert-OH is 1. The monoisotopic (exact) mass is 435 g/mol. The predicted octanol–water partition coefficient (Wildman–Crippen LogP) is 4.94. The number of fused-ring (bicyclic) bond motifs is 5. The molecule has 172 valence electrons. The Balaban J connectivity index is 1.47. The smallest absolute Gasteiger partial charge is 0.119 e. The third kappa shape index (κ3) is 3.72. The van der Waals surface area contributed by atoms with Gasteiger partial charge < -0.3 is 19.8 Å². The SMILES string of the molecule is CN(C)CCOc1ccc(C2Cc3cc(O)ccc3C3CC[C@@]4(C)C(CC[C@@H]4O)C23)cc1. The van der Waals surface area contributed by atoms with E-state index in [1.807, 2.05) is 12.1 Å². The molecule has 0 saturated heterocycles. The van der Waals surface area contributed by atoms with Crippen molar-refractivity contribution < 1.29 is 14.9 Å². The second-order valence-electron chi connectivity index (χ2n) is 10.8. The molecule has 0 aliphatic heterocycles. The fourth-order valence-corrected chi connectivity index (χ4v) is 7.09. The molecule has 5 rings (SSSR count). The van der Waals surface area contributed by atoms with Gasteiger partial charge in [-0.1, -0.05) is 25.1 Å². The Morgan fingerprint density at radius 2 is 1.81 bits per heavy atom. The lowest BCUT2D eigenvalue weighted by Crippen LogP contribution is -2.46. The summed E-state index contributed by atoms with van der Waals surface area (Å²) in [4.78, 5) is 2.12. The van der Waals surface area contributed by atoms with Crippen LogP contribution in [0.3, 0.4) is 0 Å². The van der Waals surface area contributed by atoms with Crippen LogP contribution in [-0.2, 0) is 6.42 Å². The van der Waals surface area contributed by atoms with Crippen molar-refractivity contribution in [3.05, 3.63) is 59.2 Å². The highest BCUT2D eigenvalue weighted by Crippen LogP contribution is 2.63. The summed E-state index contributed by atoms with van der Waals surface area (Å²) in [5.74, 6) is 3.26. The second-order valence-corrected chi connectivity index (χ2v) is 10.8. The second kappa shape index (κ2) is 8.39. The highest BCUT2D eigenvalue weighted by Gasteiger charge is 2.56. The summed E-state index contributed by atoms with van der Waals surface area (Å²) in [6, 6.07) is 14.7. The first kappa shape index (κ1) is 21.8. The molecule has 2 saturated carbocycles. The zero-order chi connectivity index (χ0) is 22.5. The fraction of sp³-hybridized carbons (Fsp3) is 0.571. The number of phenolic OH excluding ortho intramolecular Hbond substituents is 1. The molecule has 2 aromatic carbocycles. The molecular formula is C28H37NO3. The van der Waals surface area contributed by atoms with Crippen LogP contribution in [0.15, 0.2) is 42.5 Å². The molecule has 0 aromatic heterocycles. The molecule has 32 heavy (non-hydrogen) atoms. The average Bonchev–Trinajstić information content (AvgIpc) is 3.07. The van der Waals surface area contributed by atoms with E-state index >= 15 is 0 Å². The lowest BCUT2D eigenvalue weighted by molar-refractivity contribution is -0.0282. The summed E-state index contributed by atoms with van der Waals surface area (Å²) in [5.41, 5.74) is 4.11. The maximum absolute atomic E-state index is 10.9. The highest BCUT2D eigenvalue weighted by molar-refractivity contribution is 5.44. The lowest BCUT2D eigenvalue weighted by atomic mass is 9.51. The van der Waals surface area contributed by atoms with E-state index in [-0.39, 0.29) is 11.5 Å². The highest BCUT2D eigenvalue weighted by atomic mass is 16.5. The van der Waals surface area contributed by atoms with Gasteiger partial charge in [0.2, 0.25) is 0 Å². The number of benzene rings is 2. The van der Waals surface area contributed by atoms with E-state index in [1.54, 1.807) is 0 Å². The Bertz CT molecular complexity index is 956. The van der Waals surface area contributed by atoms with Gasteiger partial charge >= 0.3 is 0 Å². The standard InChI is InChI=1S/C28H37NO3/c1-28-13-12-23-22-9-6-20(30)16-19(22)17-24(27(23)25(28)10-11-26(28)31)18-4-7-21(8-5-18)32-15-14-29(2)3/h4-9,16,23-27,30-31H,10-15,17H2,1-3H3/t23?,24?,25?,26-,27?,28-/m0/s1. The normalized spacial score (nSPS) is 33.5. The van der Waals surface area contributed by atoms with Crippen LogP contribution in [0.25, 0.3) is 0 Å². The van der Waals surface area contributed by atoms with Crippen molar-refractivity contribution >= 4 is 0 Å². The molecule has 0 spiro atoms. The van der Waals surface area contributed by atoms with Crippen LogP contribution < -0.4 is 4.74 Å². The van der Waals surface area contributed by atoms with Gasteiger partial charge in [0.1, 0.15) is 18.1 Å². The van der Waals surface area contributed by atoms with Crippen molar-refractivity contribution in [2.45, 2.75) is 57.0 Å².